The first-order valence-corrected chi connectivity index (χ1v) is 5.12. The van der Waals surface area contributed by atoms with E-state index in [0.29, 0.717) is 10.7 Å². The molecule has 0 radical (unpaired) electrons. The Balaban J connectivity index is 2.60. The molecule has 0 unspecified atom stereocenters. The molecule has 1 aromatic heterocycles. The Kier molecular flexibility index (Phi) is 2.85. The number of rotatable bonds is 2. The Bertz CT molecular complexity index is 595. The van der Waals surface area contributed by atoms with Crippen molar-refractivity contribution in [2.75, 3.05) is 0 Å². The van der Waals surface area contributed by atoms with E-state index in [-0.39, 0.29) is 11.4 Å². The van der Waals surface area contributed by atoms with Gasteiger partial charge in [0.2, 0.25) is 0 Å². The molecule has 0 saturated heterocycles. The van der Waals surface area contributed by atoms with Crippen LogP contribution in [-0.2, 0) is 0 Å². The molecule has 0 amide bonds. The van der Waals surface area contributed by atoms with Gasteiger partial charge in [0.1, 0.15) is 11.5 Å². The average Bonchev–Trinajstić information content (AvgIpc) is 2.64. The van der Waals surface area contributed by atoms with Crippen LogP contribution in [0.4, 0.5) is 4.39 Å². The van der Waals surface area contributed by atoms with Gasteiger partial charge in [-0.15, -0.1) is 0 Å². The lowest BCUT2D eigenvalue weighted by molar-refractivity contribution is 0.0690. The maximum Gasteiger partial charge on any atom is 0.356 e. The SMILES string of the molecule is Cc1cc(C(=O)O)nn1-c1cc(Cl)ccc1F. The van der Waals surface area contributed by atoms with Gasteiger partial charge in [-0.3, -0.25) is 0 Å². The third-order valence-corrected chi connectivity index (χ3v) is 2.48. The molecule has 1 aromatic carbocycles. The van der Waals surface area contributed by atoms with Crippen molar-refractivity contribution in [2.24, 2.45) is 0 Å². The van der Waals surface area contributed by atoms with Crippen LogP contribution in [0, 0.1) is 12.7 Å². The van der Waals surface area contributed by atoms with E-state index in [1.165, 1.54) is 28.9 Å². The Hall–Kier alpha value is -1.88. The molecule has 2 aromatic rings. The number of aromatic carboxylic acids is 1. The highest BCUT2D eigenvalue weighted by Crippen LogP contribution is 2.20. The van der Waals surface area contributed by atoms with Crippen LogP contribution >= 0.6 is 11.6 Å². The Morgan fingerprint density at radius 3 is 2.76 bits per heavy atom. The van der Waals surface area contributed by atoms with E-state index < -0.39 is 11.8 Å². The first-order valence-electron chi connectivity index (χ1n) is 4.74. The molecular weight excluding hydrogens is 247 g/mol. The van der Waals surface area contributed by atoms with Gasteiger partial charge in [-0.25, -0.2) is 13.9 Å². The van der Waals surface area contributed by atoms with Crippen LogP contribution in [0.15, 0.2) is 24.3 Å². The van der Waals surface area contributed by atoms with Crippen molar-refractivity contribution in [3.63, 3.8) is 0 Å². The summed E-state index contributed by atoms with van der Waals surface area (Å²) in [4.78, 5) is 10.8. The third-order valence-electron chi connectivity index (χ3n) is 2.24. The standard InChI is InChI=1S/C11H8ClFN2O2/c1-6-4-9(11(16)17)14-15(6)10-5-7(12)2-3-8(10)13/h2-5H,1H3,(H,16,17). The summed E-state index contributed by atoms with van der Waals surface area (Å²) in [5, 5.41) is 13.0. The first kappa shape index (κ1) is 11.6. The van der Waals surface area contributed by atoms with E-state index >= 15 is 0 Å². The smallest absolute Gasteiger partial charge is 0.356 e. The molecule has 0 fully saturated rings. The summed E-state index contributed by atoms with van der Waals surface area (Å²) >= 11 is 5.76. The van der Waals surface area contributed by atoms with Crippen molar-refractivity contribution in [1.82, 2.24) is 9.78 Å². The fraction of sp³-hybridized carbons (Fsp3) is 0.0909. The monoisotopic (exact) mass is 254 g/mol. The average molecular weight is 255 g/mol. The molecule has 0 aliphatic heterocycles. The van der Waals surface area contributed by atoms with Gasteiger partial charge in [0.05, 0.1) is 0 Å². The van der Waals surface area contributed by atoms with E-state index in [9.17, 15) is 9.18 Å². The van der Waals surface area contributed by atoms with Gasteiger partial charge < -0.3 is 5.11 Å². The van der Waals surface area contributed by atoms with E-state index in [1.54, 1.807) is 6.92 Å². The molecule has 4 nitrogen and oxygen atoms in total. The summed E-state index contributed by atoms with van der Waals surface area (Å²) < 4.78 is 14.8. The van der Waals surface area contributed by atoms with Gasteiger partial charge in [-0.1, -0.05) is 11.6 Å². The first-order chi connectivity index (χ1) is 7.99. The van der Waals surface area contributed by atoms with Crippen molar-refractivity contribution in [2.45, 2.75) is 6.92 Å². The minimum absolute atomic E-state index is 0.127. The topological polar surface area (TPSA) is 55.1 Å². The quantitative estimate of drug-likeness (QED) is 0.896. The van der Waals surface area contributed by atoms with E-state index in [4.69, 9.17) is 16.7 Å². The van der Waals surface area contributed by atoms with Crippen molar-refractivity contribution in [1.29, 1.82) is 0 Å². The Morgan fingerprint density at radius 1 is 1.47 bits per heavy atom. The molecule has 0 aliphatic rings. The third kappa shape index (κ3) is 2.14. The van der Waals surface area contributed by atoms with Crippen LogP contribution in [0.1, 0.15) is 16.2 Å². The van der Waals surface area contributed by atoms with Crippen LogP contribution < -0.4 is 0 Å². The maximum absolute atomic E-state index is 13.6. The zero-order chi connectivity index (χ0) is 12.6. The lowest BCUT2D eigenvalue weighted by atomic mass is 10.3. The molecule has 0 spiro atoms. The lowest BCUT2D eigenvalue weighted by Crippen LogP contribution is -2.04. The molecule has 88 valence electrons. The number of hydrogen-bond donors (Lipinski definition) is 1. The number of carboxylic acid groups (broad SMARTS) is 1. The molecule has 1 heterocycles. The number of aromatic nitrogens is 2. The van der Waals surface area contributed by atoms with E-state index in [1.807, 2.05) is 0 Å². The molecule has 6 heteroatoms. The molecule has 0 bridgehead atoms. The highest BCUT2D eigenvalue weighted by atomic mass is 35.5. The Labute approximate surface area is 101 Å². The van der Waals surface area contributed by atoms with Crippen LogP contribution in [0.2, 0.25) is 5.02 Å². The predicted molar refractivity (Wildman–Crippen MR) is 60.2 cm³/mol. The van der Waals surface area contributed by atoms with Crippen LogP contribution in [0.5, 0.6) is 0 Å². The molecule has 0 saturated carbocycles. The highest BCUT2D eigenvalue weighted by Gasteiger charge is 2.14. The lowest BCUT2D eigenvalue weighted by Gasteiger charge is -2.05. The second-order valence-corrected chi connectivity index (χ2v) is 3.92. The molecule has 0 atom stereocenters. The number of halogens is 2. The van der Waals surface area contributed by atoms with Crippen LogP contribution in [0.25, 0.3) is 5.69 Å². The van der Waals surface area contributed by atoms with Crippen molar-refractivity contribution < 1.29 is 14.3 Å². The van der Waals surface area contributed by atoms with Gasteiger partial charge in [-0.05, 0) is 31.2 Å². The molecule has 17 heavy (non-hydrogen) atoms. The van der Waals surface area contributed by atoms with Crippen molar-refractivity contribution in [3.05, 3.63) is 46.5 Å². The van der Waals surface area contributed by atoms with Gasteiger partial charge in [-0.2, -0.15) is 5.10 Å². The number of nitrogens with zero attached hydrogens (tertiary/aromatic N) is 2. The number of hydrogen-bond acceptors (Lipinski definition) is 2. The summed E-state index contributed by atoms with van der Waals surface area (Å²) in [5.74, 6) is -1.67. The summed E-state index contributed by atoms with van der Waals surface area (Å²) in [6.45, 7) is 1.64. The zero-order valence-corrected chi connectivity index (χ0v) is 9.57. The van der Waals surface area contributed by atoms with Crippen molar-refractivity contribution >= 4 is 17.6 Å². The second-order valence-electron chi connectivity index (χ2n) is 3.48. The van der Waals surface area contributed by atoms with Gasteiger partial charge >= 0.3 is 5.97 Å². The predicted octanol–water partition coefficient (Wildman–Crippen LogP) is 2.67. The fourth-order valence-corrected chi connectivity index (χ4v) is 1.64. The van der Waals surface area contributed by atoms with Gasteiger partial charge in [0.25, 0.3) is 0 Å². The molecule has 1 N–H and O–H groups in total. The van der Waals surface area contributed by atoms with Crippen LogP contribution in [-0.4, -0.2) is 20.9 Å². The zero-order valence-electron chi connectivity index (χ0n) is 8.82. The van der Waals surface area contributed by atoms with E-state index in [0.717, 1.165) is 0 Å². The summed E-state index contributed by atoms with van der Waals surface area (Å²) in [6.07, 6.45) is 0. The number of carboxylic acids is 1. The molecule has 2 rings (SSSR count). The summed E-state index contributed by atoms with van der Waals surface area (Å²) in [6, 6.07) is 5.38. The fourth-order valence-electron chi connectivity index (χ4n) is 1.47. The van der Waals surface area contributed by atoms with Crippen molar-refractivity contribution in [3.8, 4) is 5.69 Å². The van der Waals surface area contributed by atoms with Crippen LogP contribution in [0.3, 0.4) is 0 Å². The molecular formula is C11H8ClFN2O2. The minimum Gasteiger partial charge on any atom is -0.476 e. The van der Waals surface area contributed by atoms with Gasteiger partial charge in [0, 0.05) is 10.7 Å². The molecule has 0 aliphatic carbocycles. The van der Waals surface area contributed by atoms with E-state index in [2.05, 4.69) is 5.10 Å². The number of aryl methyl sites for hydroxylation is 1. The normalized spacial score (nSPS) is 10.5. The Morgan fingerprint density at radius 2 is 2.18 bits per heavy atom. The largest absolute Gasteiger partial charge is 0.476 e. The van der Waals surface area contributed by atoms with Gasteiger partial charge in [0.15, 0.2) is 5.69 Å². The number of carbonyl (C=O) groups is 1. The summed E-state index contributed by atoms with van der Waals surface area (Å²) in [5.41, 5.74) is 0.507. The highest BCUT2D eigenvalue weighted by molar-refractivity contribution is 6.30. The number of benzene rings is 1. The maximum atomic E-state index is 13.6. The second kappa shape index (κ2) is 4.18. The summed E-state index contributed by atoms with van der Waals surface area (Å²) in [7, 11) is 0. The minimum atomic E-state index is -1.16.